The molecule has 182 valence electrons. The molecule has 0 heterocycles. The largest absolute Gasteiger partial charge is 0.497 e. The standard InChI is InChI=1S/C19H14F8O4S2/c20-13-3-6-16(21)15(7-13)17(8-11(9-17)10-32(28,29)19(25,26)27)33(30,31)14-4-1-12(2-5-14)18(22,23)24/h1-7,11H,8-10H2. The van der Waals surface area contributed by atoms with Crippen molar-refractivity contribution in [3.63, 3.8) is 0 Å². The van der Waals surface area contributed by atoms with Crippen LogP contribution in [0, 0.1) is 17.6 Å². The molecule has 33 heavy (non-hydrogen) atoms. The van der Waals surface area contributed by atoms with Crippen molar-refractivity contribution in [3.8, 4) is 0 Å². The predicted octanol–water partition coefficient (Wildman–Crippen LogP) is 5.00. The van der Waals surface area contributed by atoms with Crippen molar-refractivity contribution in [1.82, 2.24) is 0 Å². The molecule has 0 amide bonds. The van der Waals surface area contributed by atoms with Gasteiger partial charge in [-0.25, -0.2) is 25.6 Å². The van der Waals surface area contributed by atoms with E-state index in [0.29, 0.717) is 42.5 Å². The summed E-state index contributed by atoms with van der Waals surface area (Å²) in [5.41, 5.74) is -7.53. The normalized spacial score (nSPS) is 22.1. The summed E-state index contributed by atoms with van der Waals surface area (Å²) in [4.78, 5) is -0.712. The molecule has 4 nitrogen and oxygen atoms in total. The molecule has 1 fully saturated rings. The van der Waals surface area contributed by atoms with Crippen LogP contribution in [0.2, 0.25) is 0 Å². The first-order chi connectivity index (χ1) is 14.9. The summed E-state index contributed by atoms with van der Waals surface area (Å²) in [7, 11) is -10.4. The van der Waals surface area contributed by atoms with Gasteiger partial charge in [0.2, 0.25) is 9.84 Å². The highest BCUT2D eigenvalue weighted by molar-refractivity contribution is 7.93. The van der Waals surface area contributed by atoms with E-state index in [2.05, 4.69) is 0 Å². The number of benzene rings is 2. The molecular formula is C19H14F8O4S2. The Bertz CT molecular complexity index is 1260. The minimum absolute atomic E-state index is 0.451. The molecule has 2 aromatic carbocycles. The van der Waals surface area contributed by atoms with Gasteiger partial charge in [0.05, 0.1) is 16.2 Å². The minimum atomic E-state index is -5.63. The smallest absolute Gasteiger partial charge is 0.223 e. The van der Waals surface area contributed by atoms with Crippen LogP contribution in [-0.4, -0.2) is 28.1 Å². The molecule has 2 aromatic rings. The average molecular weight is 522 g/mol. The Hall–Kier alpha value is -2.22. The summed E-state index contributed by atoms with van der Waals surface area (Å²) in [6, 6.07) is 3.87. The van der Waals surface area contributed by atoms with Crippen LogP contribution in [0.15, 0.2) is 47.4 Å². The third-order valence-electron chi connectivity index (χ3n) is 5.47. The van der Waals surface area contributed by atoms with Gasteiger partial charge in [-0.3, -0.25) is 0 Å². The minimum Gasteiger partial charge on any atom is -0.223 e. The van der Waals surface area contributed by atoms with Crippen molar-refractivity contribution < 1.29 is 52.0 Å². The number of rotatable bonds is 5. The molecule has 0 aliphatic heterocycles. The molecular weight excluding hydrogens is 508 g/mol. The lowest BCUT2D eigenvalue weighted by molar-refractivity contribution is -0.137. The first-order valence-corrected chi connectivity index (χ1v) is 12.2. The third-order valence-corrected chi connectivity index (χ3v) is 9.56. The maximum Gasteiger partial charge on any atom is 0.497 e. The highest BCUT2D eigenvalue weighted by atomic mass is 32.2. The SMILES string of the molecule is O=S(=O)(CC1CC(c2cc(F)ccc2F)(S(=O)(=O)c2ccc(C(F)(F)F)cc2)C1)C(F)(F)F. The van der Waals surface area contributed by atoms with Gasteiger partial charge in [-0.15, -0.1) is 0 Å². The maximum atomic E-state index is 14.5. The summed E-state index contributed by atoms with van der Waals surface area (Å²) in [6.07, 6.45) is -6.42. The predicted molar refractivity (Wildman–Crippen MR) is 99.2 cm³/mol. The quantitative estimate of drug-likeness (QED) is 0.519. The molecule has 0 saturated heterocycles. The molecule has 0 N–H and O–H groups in total. The lowest BCUT2D eigenvalue weighted by Crippen LogP contribution is -2.51. The van der Waals surface area contributed by atoms with Crippen LogP contribution in [-0.2, 0) is 30.6 Å². The van der Waals surface area contributed by atoms with Crippen molar-refractivity contribution in [1.29, 1.82) is 0 Å². The topological polar surface area (TPSA) is 68.3 Å². The fraction of sp³-hybridized carbons (Fsp3) is 0.368. The molecule has 1 aliphatic rings. The second kappa shape index (κ2) is 7.93. The van der Waals surface area contributed by atoms with Crippen molar-refractivity contribution >= 4 is 19.7 Å². The highest BCUT2D eigenvalue weighted by Crippen LogP contribution is 2.55. The molecule has 3 rings (SSSR count). The summed E-state index contributed by atoms with van der Waals surface area (Å²) >= 11 is 0. The lowest BCUT2D eigenvalue weighted by atomic mass is 9.71. The zero-order valence-corrected chi connectivity index (χ0v) is 17.8. The van der Waals surface area contributed by atoms with Gasteiger partial charge < -0.3 is 0 Å². The van der Waals surface area contributed by atoms with E-state index < -0.39 is 88.3 Å². The van der Waals surface area contributed by atoms with Crippen LogP contribution in [0.25, 0.3) is 0 Å². The Kier molecular flexibility index (Phi) is 6.10. The van der Waals surface area contributed by atoms with Crippen molar-refractivity contribution in [2.45, 2.75) is 34.2 Å². The molecule has 0 bridgehead atoms. The van der Waals surface area contributed by atoms with Gasteiger partial charge in [0.25, 0.3) is 0 Å². The van der Waals surface area contributed by atoms with Gasteiger partial charge in [0.15, 0.2) is 9.84 Å². The summed E-state index contributed by atoms with van der Waals surface area (Å²) in [5.74, 6) is -5.13. The Morgan fingerprint density at radius 1 is 0.848 bits per heavy atom. The monoisotopic (exact) mass is 522 g/mol. The zero-order valence-electron chi connectivity index (χ0n) is 16.2. The van der Waals surface area contributed by atoms with E-state index in [1.54, 1.807) is 0 Å². The second-order valence-electron chi connectivity index (χ2n) is 7.65. The fourth-order valence-electron chi connectivity index (χ4n) is 3.87. The Morgan fingerprint density at radius 3 is 1.88 bits per heavy atom. The third kappa shape index (κ3) is 4.46. The molecule has 1 saturated carbocycles. The first-order valence-electron chi connectivity index (χ1n) is 9.07. The van der Waals surface area contributed by atoms with Gasteiger partial charge in [-0.05, 0) is 61.2 Å². The van der Waals surface area contributed by atoms with E-state index in [1.165, 1.54) is 0 Å². The van der Waals surface area contributed by atoms with Crippen LogP contribution in [0.5, 0.6) is 0 Å². The van der Waals surface area contributed by atoms with E-state index in [4.69, 9.17) is 0 Å². The maximum absolute atomic E-state index is 14.5. The summed E-state index contributed by atoms with van der Waals surface area (Å²) in [5, 5.41) is 0. The van der Waals surface area contributed by atoms with Gasteiger partial charge in [-0.2, -0.15) is 26.3 Å². The molecule has 1 aliphatic carbocycles. The van der Waals surface area contributed by atoms with Crippen LogP contribution >= 0.6 is 0 Å². The van der Waals surface area contributed by atoms with E-state index in [9.17, 15) is 52.0 Å². The molecule has 0 spiro atoms. The first kappa shape index (κ1) is 25.4. The van der Waals surface area contributed by atoms with Gasteiger partial charge in [-0.1, -0.05) is 0 Å². The van der Waals surface area contributed by atoms with Crippen molar-refractivity contribution in [2.75, 3.05) is 5.75 Å². The molecule has 0 atom stereocenters. The van der Waals surface area contributed by atoms with Crippen LogP contribution in [0.1, 0.15) is 24.0 Å². The van der Waals surface area contributed by atoms with Crippen molar-refractivity contribution in [3.05, 3.63) is 65.2 Å². The molecule has 0 radical (unpaired) electrons. The van der Waals surface area contributed by atoms with Crippen LogP contribution in [0.4, 0.5) is 35.1 Å². The summed E-state index contributed by atoms with van der Waals surface area (Å²) < 4.78 is 152. The number of hydrogen-bond acceptors (Lipinski definition) is 4. The van der Waals surface area contributed by atoms with Gasteiger partial charge in [0.1, 0.15) is 16.4 Å². The molecule has 0 unspecified atom stereocenters. The van der Waals surface area contributed by atoms with E-state index in [-0.39, 0.29) is 0 Å². The average Bonchev–Trinajstić information content (AvgIpc) is 2.64. The van der Waals surface area contributed by atoms with Gasteiger partial charge >= 0.3 is 11.7 Å². The second-order valence-corrected chi connectivity index (χ2v) is 11.9. The highest BCUT2D eigenvalue weighted by Gasteiger charge is 2.59. The van der Waals surface area contributed by atoms with Crippen LogP contribution in [0.3, 0.4) is 0 Å². The van der Waals surface area contributed by atoms with Gasteiger partial charge in [0, 0.05) is 5.56 Å². The van der Waals surface area contributed by atoms with E-state index in [0.717, 1.165) is 0 Å². The zero-order chi connectivity index (χ0) is 25.0. The van der Waals surface area contributed by atoms with E-state index >= 15 is 0 Å². The Balaban J connectivity index is 2.07. The fourth-order valence-corrected chi connectivity index (χ4v) is 7.22. The molecule has 0 aromatic heterocycles. The summed E-state index contributed by atoms with van der Waals surface area (Å²) in [6.45, 7) is 0. The number of sulfone groups is 2. The van der Waals surface area contributed by atoms with E-state index in [1.807, 2.05) is 0 Å². The number of alkyl halides is 6. The number of halogens is 8. The molecule has 14 heteroatoms. The lowest BCUT2D eigenvalue weighted by Gasteiger charge is -2.47. The Morgan fingerprint density at radius 2 is 1.39 bits per heavy atom. The van der Waals surface area contributed by atoms with Crippen LogP contribution < -0.4 is 0 Å². The Labute approximate surface area is 183 Å². The van der Waals surface area contributed by atoms with Crippen molar-refractivity contribution in [2.24, 2.45) is 5.92 Å². The number of hydrogen-bond donors (Lipinski definition) is 0.